The SMILES string of the molecule is CCCC(O)Cc1ccc(CC)cc1. The van der Waals surface area contributed by atoms with Crippen LogP contribution in [0.15, 0.2) is 24.3 Å². The van der Waals surface area contributed by atoms with Gasteiger partial charge in [-0.3, -0.25) is 0 Å². The summed E-state index contributed by atoms with van der Waals surface area (Å²) < 4.78 is 0. The van der Waals surface area contributed by atoms with Crippen molar-refractivity contribution in [1.29, 1.82) is 0 Å². The first-order valence-electron chi connectivity index (χ1n) is 5.52. The van der Waals surface area contributed by atoms with E-state index < -0.39 is 0 Å². The van der Waals surface area contributed by atoms with Crippen LogP contribution < -0.4 is 0 Å². The van der Waals surface area contributed by atoms with Gasteiger partial charge in [0.1, 0.15) is 0 Å². The van der Waals surface area contributed by atoms with Gasteiger partial charge in [0.05, 0.1) is 6.10 Å². The van der Waals surface area contributed by atoms with E-state index >= 15 is 0 Å². The maximum absolute atomic E-state index is 9.63. The molecule has 0 aliphatic heterocycles. The van der Waals surface area contributed by atoms with E-state index in [0.717, 1.165) is 25.7 Å². The van der Waals surface area contributed by atoms with Crippen LogP contribution in [0.1, 0.15) is 37.8 Å². The third kappa shape index (κ3) is 3.51. The lowest BCUT2D eigenvalue weighted by Crippen LogP contribution is -2.09. The van der Waals surface area contributed by atoms with Crippen molar-refractivity contribution in [3.8, 4) is 0 Å². The summed E-state index contributed by atoms with van der Waals surface area (Å²) in [5.74, 6) is 0. The summed E-state index contributed by atoms with van der Waals surface area (Å²) in [5, 5.41) is 9.63. The summed E-state index contributed by atoms with van der Waals surface area (Å²) in [6.07, 6.45) is 3.65. The molecule has 1 nitrogen and oxygen atoms in total. The summed E-state index contributed by atoms with van der Waals surface area (Å²) in [4.78, 5) is 0. The molecule has 0 saturated carbocycles. The number of hydrogen-bond donors (Lipinski definition) is 1. The topological polar surface area (TPSA) is 20.2 Å². The molecule has 0 heterocycles. The third-order valence-corrected chi connectivity index (χ3v) is 2.52. The molecule has 1 aromatic rings. The van der Waals surface area contributed by atoms with Gasteiger partial charge >= 0.3 is 0 Å². The summed E-state index contributed by atoms with van der Waals surface area (Å²) >= 11 is 0. The van der Waals surface area contributed by atoms with Crippen LogP contribution in [0.3, 0.4) is 0 Å². The van der Waals surface area contributed by atoms with Gasteiger partial charge in [0, 0.05) is 0 Å². The molecule has 0 aliphatic rings. The van der Waals surface area contributed by atoms with Crippen LogP contribution in [-0.2, 0) is 12.8 Å². The summed E-state index contributed by atoms with van der Waals surface area (Å²) in [7, 11) is 0. The molecule has 0 fully saturated rings. The molecule has 1 atom stereocenters. The minimum absolute atomic E-state index is 0.174. The lowest BCUT2D eigenvalue weighted by molar-refractivity contribution is 0.164. The second-order valence-electron chi connectivity index (χ2n) is 3.82. The molecule has 1 N–H and O–H groups in total. The molecule has 0 amide bonds. The van der Waals surface area contributed by atoms with E-state index in [0.29, 0.717) is 0 Å². The van der Waals surface area contributed by atoms with Crippen molar-refractivity contribution < 1.29 is 5.11 Å². The second-order valence-corrected chi connectivity index (χ2v) is 3.82. The molecule has 0 radical (unpaired) electrons. The van der Waals surface area contributed by atoms with E-state index in [1.54, 1.807) is 0 Å². The van der Waals surface area contributed by atoms with Gasteiger partial charge in [0.2, 0.25) is 0 Å². The average Bonchev–Trinajstić information content (AvgIpc) is 2.19. The minimum atomic E-state index is -0.174. The molecule has 1 aromatic carbocycles. The predicted molar refractivity (Wildman–Crippen MR) is 60.4 cm³/mol. The molecule has 0 bridgehead atoms. The molecule has 1 unspecified atom stereocenters. The van der Waals surface area contributed by atoms with Gasteiger partial charge in [-0.2, -0.15) is 0 Å². The van der Waals surface area contributed by atoms with Gasteiger partial charge in [-0.25, -0.2) is 0 Å². The first-order valence-corrected chi connectivity index (χ1v) is 5.52. The minimum Gasteiger partial charge on any atom is -0.393 e. The van der Waals surface area contributed by atoms with Crippen molar-refractivity contribution in [2.75, 3.05) is 0 Å². The molecule has 1 rings (SSSR count). The Morgan fingerprint density at radius 2 is 1.64 bits per heavy atom. The number of aliphatic hydroxyl groups is 1. The Bertz CT molecular complexity index is 250. The van der Waals surface area contributed by atoms with Crippen molar-refractivity contribution in [3.63, 3.8) is 0 Å². The molecular formula is C13H20O. The summed E-state index contributed by atoms with van der Waals surface area (Å²) in [5.41, 5.74) is 2.60. The first kappa shape index (κ1) is 11.3. The van der Waals surface area contributed by atoms with Crippen molar-refractivity contribution in [2.45, 2.75) is 45.6 Å². The highest BCUT2D eigenvalue weighted by Crippen LogP contribution is 2.09. The fourth-order valence-corrected chi connectivity index (χ4v) is 1.62. The van der Waals surface area contributed by atoms with E-state index in [1.807, 2.05) is 0 Å². The lowest BCUT2D eigenvalue weighted by Gasteiger charge is -2.09. The van der Waals surface area contributed by atoms with Crippen molar-refractivity contribution >= 4 is 0 Å². The van der Waals surface area contributed by atoms with Crippen LogP contribution >= 0.6 is 0 Å². The molecule has 1 heteroatoms. The van der Waals surface area contributed by atoms with E-state index in [1.165, 1.54) is 11.1 Å². The van der Waals surface area contributed by atoms with Gasteiger partial charge in [0.15, 0.2) is 0 Å². The van der Waals surface area contributed by atoms with Crippen LogP contribution in [0, 0.1) is 0 Å². The molecular weight excluding hydrogens is 172 g/mol. The van der Waals surface area contributed by atoms with Crippen molar-refractivity contribution in [3.05, 3.63) is 35.4 Å². The second kappa shape index (κ2) is 5.82. The van der Waals surface area contributed by atoms with Gasteiger partial charge in [0.25, 0.3) is 0 Å². The number of rotatable bonds is 5. The van der Waals surface area contributed by atoms with E-state index in [2.05, 4.69) is 38.1 Å². The number of aryl methyl sites for hydroxylation is 1. The average molecular weight is 192 g/mol. The summed E-state index contributed by atoms with van der Waals surface area (Å²) in [6.45, 7) is 4.25. The zero-order valence-corrected chi connectivity index (χ0v) is 9.16. The summed E-state index contributed by atoms with van der Waals surface area (Å²) in [6, 6.07) is 8.54. The van der Waals surface area contributed by atoms with E-state index in [4.69, 9.17) is 0 Å². The number of benzene rings is 1. The smallest absolute Gasteiger partial charge is 0.0580 e. The number of hydrogen-bond acceptors (Lipinski definition) is 1. The first-order chi connectivity index (χ1) is 6.76. The Hall–Kier alpha value is -0.820. The highest BCUT2D eigenvalue weighted by atomic mass is 16.3. The normalized spacial score (nSPS) is 12.8. The fourth-order valence-electron chi connectivity index (χ4n) is 1.62. The van der Waals surface area contributed by atoms with Crippen LogP contribution in [0.2, 0.25) is 0 Å². The number of aliphatic hydroxyl groups excluding tert-OH is 1. The Morgan fingerprint density at radius 3 is 2.14 bits per heavy atom. The Balaban J connectivity index is 2.50. The van der Waals surface area contributed by atoms with Gasteiger partial charge in [-0.05, 0) is 30.4 Å². The Labute approximate surface area is 86.8 Å². The molecule has 0 aromatic heterocycles. The molecule has 0 saturated heterocycles. The van der Waals surface area contributed by atoms with Crippen LogP contribution in [0.4, 0.5) is 0 Å². The molecule has 78 valence electrons. The van der Waals surface area contributed by atoms with Crippen LogP contribution in [0.5, 0.6) is 0 Å². The van der Waals surface area contributed by atoms with Crippen molar-refractivity contribution in [2.24, 2.45) is 0 Å². The quantitative estimate of drug-likeness (QED) is 0.760. The van der Waals surface area contributed by atoms with Crippen LogP contribution in [0.25, 0.3) is 0 Å². The van der Waals surface area contributed by atoms with Gasteiger partial charge in [-0.15, -0.1) is 0 Å². The van der Waals surface area contributed by atoms with E-state index in [9.17, 15) is 5.11 Å². The zero-order valence-electron chi connectivity index (χ0n) is 9.16. The van der Waals surface area contributed by atoms with Gasteiger partial charge < -0.3 is 5.11 Å². The highest BCUT2D eigenvalue weighted by molar-refractivity contribution is 5.22. The molecule has 0 aliphatic carbocycles. The third-order valence-electron chi connectivity index (χ3n) is 2.52. The Morgan fingerprint density at radius 1 is 1.07 bits per heavy atom. The van der Waals surface area contributed by atoms with E-state index in [-0.39, 0.29) is 6.10 Å². The lowest BCUT2D eigenvalue weighted by atomic mass is 10.0. The Kier molecular flexibility index (Phi) is 4.68. The van der Waals surface area contributed by atoms with Gasteiger partial charge in [-0.1, -0.05) is 44.5 Å². The highest BCUT2D eigenvalue weighted by Gasteiger charge is 2.03. The monoisotopic (exact) mass is 192 g/mol. The largest absolute Gasteiger partial charge is 0.393 e. The van der Waals surface area contributed by atoms with Crippen LogP contribution in [-0.4, -0.2) is 11.2 Å². The molecule has 0 spiro atoms. The maximum atomic E-state index is 9.63. The fraction of sp³-hybridized carbons (Fsp3) is 0.538. The van der Waals surface area contributed by atoms with Crippen molar-refractivity contribution in [1.82, 2.24) is 0 Å². The maximum Gasteiger partial charge on any atom is 0.0580 e. The molecule has 14 heavy (non-hydrogen) atoms. The predicted octanol–water partition coefficient (Wildman–Crippen LogP) is 2.95. The standard InChI is InChI=1S/C13H20O/c1-3-5-13(14)10-12-8-6-11(4-2)7-9-12/h6-9,13-14H,3-5,10H2,1-2H3. The zero-order chi connectivity index (χ0) is 10.4.